The van der Waals surface area contributed by atoms with E-state index in [9.17, 15) is 15.2 Å². The van der Waals surface area contributed by atoms with Crippen LogP contribution in [0.3, 0.4) is 0 Å². The summed E-state index contributed by atoms with van der Waals surface area (Å²) >= 11 is 0. The van der Waals surface area contributed by atoms with Crippen molar-refractivity contribution in [3.05, 3.63) is 64.0 Å². The van der Waals surface area contributed by atoms with E-state index in [0.717, 1.165) is 11.1 Å². The molecule has 7 heteroatoms. The first-order valence-corrected chi connectivity index (χ1v) is 6.85. The number of aliphatic hydroxyl groups excluding tert-OH is 1. The molecule has 0 spiro atoms. The third-order valence-corrected chi connectivity index (χ3v) is 3.29. The fraction of sp³-hybridized carbons (Fsp3) is 0.267. The molecule has 7 nitrogen and oxygen atoms in total. The standard InChI is InChI=1S/C15H18N4O3/c1-16-13-3-2-11(8-14(13)19(21)22)9-18-10-15(20)12-4-6-17-7-5-12/h2-8,15-16,18,20H,9-10H2,1H3. The smallest absolute Gasteiger partial charge is 0.292 e. The maximum Gasteiger partial charge on any atom is 0.292 e. The number of rotatable bonds is 7. The van der Waals surface area contributed by atoms with Crippen LogP contribution in [0.5, 0.6) is 0 Å². The molecule has 1 aromatic heterocycles. The van der Waals surface area contributed by atoms with Crippen molar-refractivity contribution in [2.24, 2.45) is 0 Å². The molecule has 1 heterocycles. The molecular weight excluding hydrogens is 284 g/mol. The van der Waals surface area contributed by atoms with E-state index in [0.29, 0.717) is 18.8 Å². The highest BCUT2D eigenvalue weighted by atomic mass is 16.6. The van der Waals surface area contributed by atoms with Crippen LogP contribution in [0.1, 0.15) is 17.2 Å². The van der Waals surface area contributed by atoms with Crippen LogP contribution in [0.2, 0.25) is 0 Å². The molecule has 0 fully saturated rings. The summed E-state index contributed by atoms with van der Waals surface area (Å²) in [5.41, 5.74) is 2.08. The number of nitrogens with zero attached hydrogens (tertiary/aromatic N) is 2. The zero-order valence-corrected chi connectivity index (χ0v) is 12.2. The van der Waals surface area contributed by atoms with Crippen LogP contribution in [-0.2, 0) is 6.54 Å². The molecule has 2 rings (SSSR count). The normalized spacial score (nSPS) is 11.9. The molecule has 0 saturated heterocycles. The lowest BCUT2D eigenvalue weighted by Gasteiger charge is -2.12. The number of benzene rings is 1. The van der Waals surface area contributed by atoms with E-state index in [-0.39, 0.29) is 5.69 Å². The molecular formula is C15H18N4O3. The van der Waals surface area contributed by atoms with Crippen LogP contribution in [0.25, 0.3) is 0 Å². The molecule has 0 radical (unpaired) electrons. The average Bonchev–Trinajstić information content (AvgIpc) is 2.55. The predicted octanol–water partition coefficient (Wildman–Crippen LogP) is 1.85. The maximum absolute atomic E-state index is 11.0. The van der Waals surface area contributed by atoms with Gasteiger partial charge >= 0.3 is 0 Å². The van der Waals surface area contributed by atoms with Crippen molar-refractivity contribution in [2.45, 2.75) is 12.6 Å². The predicted molar refractivity (Wildman–Crippen MR) is 83.5 cm³/mol. The second-order valence-electron chi connectivity index (χ2n) is 4.79. The average molecular weight is 302 g/mol. The quantitative estimate of drug-likeness (QED) is 0.533. The molecule has 2 aromatic rings. The van der Waals surface area contributed by atoms with Gasteiger partial charge in [0.05, 0.1) is 11.0 Å². The summed E-state index contributed by atoms with van der Waals surface area (Å²) in [6.45, 7) is 0.790. The number of nitro benzene ring substituents is 1. The lowest BCUT2D eigenvalue weighted by molar-refractivity contribution is -0.384. The van der Waals surface area contributed by atoms with Gasteiger partial charge in [-0.25, -0.2) is 0 Å². The number of aliphatic hydroxyl groups is 1. The summed E-state index contributed by atoms with van der Waals surface area (Å²) in [5, 5.41) is 26.9. The summed E-state index contributed by atoms with van der Waals surface area (Å²) in [7, 11) is 1.64. The summed E-state index contributed by atoms with van der Waals surface area (Å²) in [6.07, 6.45) is 2.60. The number of nitro groups is 1. The fourth-order valence-corrected chi connectivity index (χ4v) is 2.11. The third kappa shape index (κ3) is 4.00. The lowest BCUT2D eigenvalue weighted by atomic mass is 10.1. The molecule has 1 aromatic carbocycles. The summed E-state index contributed by atoms with van der Waals surface area (Å²) in [6, 6.07) is 8.51. The molecule has 0 aliphatic heterocycles. The SMILES string of the molecule is CNc1ccc(CNCC(O)c2ccncc2)cc1[N+](=O)[O-]. The highest BCUT2D eigenvalue weighted by Crippen LogP contribution is 2.25. The van der Waals surface area contributed by atoms with Gasteiger partial charge in [-0.05, 0) is 29.3 Å². The van der Waals surface area contributed by atoms with Gasteiger partial charge in [-0.3, -0.25) is 15.1 Å². The van der Waals surface area contributed by atoms with Crippen molar-refractivity contribution >= 4 is 11.4 Å². The zero-order chi connectivity index (χ0) is 15.9. The topological polar surface area (TPSA) is 100 Å². The number of nitrogens with one attached hydrogen (secondary N) is 2. The van der Waals surface area contributed by atoms with Gasteiger partial charge in [0.1, 0.15) is 5.69 Å². The van der Waals surface area contributed by atoms with E-state index < -0.39 is 11.0 Å². The van der Waals surface area contributed by atoms with Gasteiger partial charge in [-0.15, -0.1) is 0 Å². The molecule has 116 valence electrons. The van der Waals surface area contributed by atoms with Gasteiger partial charge in [-0.2, -0.15) is 0 Å². The Hall–Kier alpha value is -2.51. The van der Waals surface area contributed by atoms with Gasteiger partial charge in [0.2, 0.25) is 0 Å². The first kappa shape index (κ1) is 15.9. The molecule has 3 N–H and O–H groups in total. The number of hydrogen-bond acceptors (Lipinski definition) is 6. The third-order valence-electron chi connectivity index (χ3n) is 3.29. The van der Waals surface area contributed by atoms with Crippen molar-refractivity contribution < 1.29 is 10.0 Å². The van der Waals surface area contributed by atoms with E-state index in [2.05, 4.69) is 15.6 Å². The molecule has 0 bridgehead atoms. The van der Waals surface area contributed by atoms with Crippen molar-refractivity contribution in [2.75, 3.05) is 18.9 Å². The second kappa shape index (κ2) is 7.48. The minimum atomic E-state index is -0.644. The molecule has 0 aliphatic rings. The van der Waals surface area contributed by atoms with Crippen LogP contribution < -0.4 is 10.6 Å². The maximum atomic E-state index is 11.0. The highest BCUT2D eigenvalue weighted by Gasteiger charge is 2.13. The van der Waals surface area contributed by atoms with Crippen LogP contribution in [0.15, 0.2) is 42.7 Å². The summed E-state index contributed by atoms with van der Waals surface area (Å²) < 4.78 is 0. The summed E-state index contributed by atoms with van der Waals surface area (Å²) in [4.78, 5) is 14.5. The van der Waals surface area contributed by atoms with Gasteiger partial charge in [0.25, 0.3) is 5.69 Å². The number of pyridine rings is 1. The van der Waals surface area contributed by atoms with E-state index in [1.54, 1.807) is 37.6 Å². The lowest BCUT2D eigenvalue weighted by Crippen LogP contribution is -2.21. The van der Waals surface area contributed by atoms with Crippen molar-refractivity contribution in [3.8, 4) is 0 Å². The molecule has 1 atom stereocenters. The van der Waals surface area contributed by atoms with Crippen LogP contribution in [0, 0.1) is 10.1 Å². The number of anilines is 1. The monoisotopic (exact) mass is 302 g/mol. The minimum Gasteiger partial charge on any atom is -0.387 e. The van der Waals surface area contributed by atoms with Gasteiger partial charge in [0.15, 0.2) is 0 Å². The van der Waals surface area contributed by atoms with E-state index in [4.69, 9.17) is 0 Å². The second-order valence-corrected chi connectivity index (χ2v) is 4.79. The van der Waals surface area contributed by atoms with Gasteiger partial charge in [0, 0.05) is 38.6 Å². The molecule has 1 unspecified atom stereocenters. The fourth-order valence-electron chi connectivity index (χ4n) is 2.11. The largest absolute Gasteiger partial charge is 0.387 e. The van der Waals surface area contributed by atoms with Crippen molar-refractivity contribution in [1.82, 2.24) is 10.3 Å². The Morgan fingerprint density at radius 3 is 2.68 bits per heavy atom. The Morgan fingerprint density at radius 1 is 1.32 bits per heavy atom. The van der Waals surface area contributed by atoms with Crippen LogP contribution in [0.4, 0.5) is 11.4 Å². The van der Waals surface area contributed by atoms with Gasteiger partial charge < -0.3 is 15.7 Å². The highest BCUT2D eigenvalue weighted by molar-refractivity contribution is 5.62. The first-order chi connectivity index (χ1) is 10.6. The van der Waals surface area contributed by atoms with Crippen molar-refractivity contribution in [3.63, 3.8) is 0 Å². The Morgan fingerprint density at radius 2 is 2.05 bits per heavy atom. The van der Waals surface area contributed by atoms with Gasteiger partial charge in [-0.1, -0.05) is 6.07 Å². The Labute approximate surface area is 128 Å². The summed E-state index contributed by atoms with van der Waals surface area (Å²) in [5.74, 6) is 0. The van der Waals surface area contributed by atoms with Crippen LogP contribution >= 0.6 is 0 Å². The van der Waals surface area contributed by atoms with E-state index >= 15 is 0 Å². The number of aromatic nitrogens is 1. The van der Waals surface area contributed by atoms with Crippen LogP contribution in [-0.4, -0.2) is 28.6 Å². The Bertz CT molecular complexity index is 634. The van der Waals surface area contributed by atoms with E-state index in [1.807, 2.05) is 6.07 Å². The van der Waals surface area contributed by atoms with Crippen molar-refractivity contribution in [1.29, 1.82) is 0 Å². The Kier molecular flexibility index (Phi) is 5.40. The molecule has 22 heavy (non-hydrogen) atoms. The molecule has 0 saturated carbocycles. The zero-order valence-electron chi connectivity index (χ0n) is 12.2. The molecule has 0 aliphatic carbocycles. The minimum absolute atomic E-state index is 0.0384. The van der Waals surface area contributed by atoms with E-state index in [1.165, 1.54) is 6.07 Å². The number of hydrogen-bond donors (Lipinski definition) is 3. The first-order valence-electron chi connectivity index (χ1n) is 6.85. The Balaban J connectivity index is 1.94. The molecule has 0 amide bonds.